The molecule has 0 aromatic carbocycles. The Morgan fingerprint density at radius 1 is 1.60 bits per heavy atom. The molecule has 1 atom stereocenters. The molecular weight excluding hydrogens is 256 g/mol. The number of carbonyl (C=O) groups is 1. The second kappa shape index (κ2) is 7.40. The maximum absolute atomic E-state index is 11.8. The molecule has 6 heteroatoms. The molecule has 0 spiro atoms. The van der Waals surface area contributed by atoms with Crippen molar-refractivity contribution >= 4 is 11.7 Å². The van der Waals surface area contributed by atoms with Gasteiger partial charge in [0.1, 0.15) is 5.76 Å². The van der Waals surface area contributed by atoms with Crippen LogP contribution in [-0.4, -0.2) is 49.2 Å². The van der Waals surface area contributed by atoms with Gasteiger partial charge in [-0.25, -0.2) is 0 Å². The first kappa shape index (κ1) is 15.0. The average molecular weight is 280 g/mol. The maximum atomic E-state index is 11.8. The van der Waals surface area contributed by atoms with Gasteiger partial charge < -0.3 is 20.1 Å². The van der Waals surface area contributed by atoms with Gasteiger partial charge in [0, 0.05) is 25.6 Å². The molecule has 112 valence electrons. The Hall–Kier alpha value is -1.40. The van der Waals surface area contributed by atoms with Gasteiger partial charge in [0.2, 0.25) is 5.91 Å². The van der Waals surface area contributed by atoms with E-state index in [0.29, 0.717) is 23.9 Å². The third-order valence-electron chi connectivity index (χ3n) is 3.65. The third-order valence-corrected chi connectivity index (χ3v) is 3.65. The van der Waals surface area contributed by atoms with E-state index < -0.39 is 0 Å². The van der Waals surface area contributed by atoms with Gasteiger partial charge in [0.05, 0.1) is 0 Å². The second-order valence-corrected chi connectivity index (χ2v) is 5.49. The lowest BCUT2D eigenvalue weighted by Gasteiger charge is -2.32. The molecule has 0 bridgehead atoms. The number of anilines is 1. The number of aromatic nitrogens is 1. The first-order valence-corrected chi connectivity index (χ1v) is 7.27. The Bertz CT molecular complexity index is 431. The summed E-state index contributed by atoms with van der Waals surface area (Å²) >= 11 is 0. The Kier molecular flexibility index (Phi) is 5.55. The van der Waals surface area contributed by atoms with Gasteiger partial charge in [-0.15, -0.1) is 0 Å². The summed E-state index contributed by atoms with van der Waals surface area (Å²) in [5.74, 6) is 1.90. The molecule has 2 rings (SSSR count). The van der Waals surface area contributed by atoms with Crippen molar-refractivity contribution in [3.05, 3.63) is 11.8 Å². The number of rotatable bonds is 6. The van der Waals surface area contributed by atoms with Crippen LogP contribution in [0.2, 0.25) is 0 Å². The van der Waals surface area contributed by atoms with E-state index >= 15 is 0 Å². The summed E-state index contributed by atoms with van der Waals surface area (Å²) in [5, 5.41) is 9.75. The van der Waals surface area contributed by atoms with Crippen LogP contribution in [0.3, 0.4) is 0 Å². The molecule has 1 aromatic heterocycles. The summed E-state index contributed by atoms with van der Waals surface area (Å²) in [7, 11) is 1.99. The van der Waals surface area contributed by atoms with E-state index in [1.165, 1.54) is 12.8 Å². The Balaban J connectivity index is 1.70. The number of piperidine rings is 1. The van der Waals surface area contributed by atoms with Crippen LogP contribution in [0.4, 0.5) is 5.82 Å². The van der Waals surface area contributed by atoms with Gasteiger partial charge in [0.25, 0.3) is 0 Å². The van der Waals surface area contributed by atoms with Crippen LogP contribution in [0.1, 0.15) is 25.0 Å². The minimum absolute atomic E-state index is 0.00552. The molecule has 1 aliphatic rings. The molecule has 1 amide bonds. The summed E-state index contributed by atoms with van der Waals surface area (Å²) < 4.78 is 4.92. The molecular formula is C14H24N4O2. The number of aryl methyl sites for hydroxylation is 1. The molecule has 2 heterocycles. The van der Waals surface area contributed by atoms with Crippen molar-refractivity contribution in [1.82, 2.24) is 15.4 Å². The molecule has 0 saturated carbocycles. The number of hydrogen-bond acceptors (Lipinski definition) is 5. The number of hydrogen-bond donors (Lipinski definition) is 2. The third kappa shape index (κ3) is 4.61. The van der Waals surface area contributed by atoms with Crippen LogP contribution in [0.5, 0.6) is 0 Å². The quantitative estimate of drug-likeness (QED) is 0.820. The first-order chi connectivity index (χ1) is 9.67. The van der Waals surface area contributed by atoms with Gasteiger partial charge in [0.15, 0.2) is 5.82 Å². The predicted octanol–water partition coefficient (Wildman–Crippen LogP) is 1.24. The summed E-state index contributed by atoms with van der Waals surface area (Å²) in [6.45, 7) is 5.84. The first-order valence-electron chi connectivity index (χ1n) is 7.27. The van der Waals surface area contributed by atoms with Crippen LogP contribution in [0.25, 0.3) is 0 Å². The van der Waals surface area contributed by atoms with Crippen LogP contribution in [0.15, 0.2) is 10.6 Å². The van der Waals surface area contributed by atoms with Gasteiger partial charge >= 0.3 is 0 Å². The molecule has 20 heavy (non-hydrogen) atoms. The topological polar surface area (TPSA) is 70.4 Å². The number of nitrogens with zero attached hydrogens (tertiary/aromatic N) is 2. The Morgan fingerprint density at radius 2 is 2.45 bits per heavy atom. The molecule has 1 fully saturated rings. The van der Waals surface area contributed by atoms with Crippen molar-refractivity contribution in [3.63, 3.8) is 0 Å². The van der Waals surface area contributed by atoms with Crippen LogP contribution < -0.4 is 10.6 Å². The van der Waals surface area contributed by atoms with Crippen LogP contribution in [-0.2, 0) is 4.79 Å². The number of amides is 1. The lowest BCUT2D eigenvalue weighted by molar-refractivity contribution is -0.116. The van der Waals surface area contributed by atoms with Crippen molar-refractivity contribution in [1.29, 1.82) is 0 Å². The van der Waals surface area contributed by atoms with E-state index in [1.54, 1.807) is 13.0 Å². The zero-order valence-electron chi connectivity index (χ0n) is 12.3. The highest BCUT2D eigenvalue weighted by molar-refractivity contribution is 5.89. The van der Waals surface area contributed by atoms with Gasteiger partial charge in [-0.1, -0.05) is 5.16 Å². The zero-order chi connectivity index (χ0) is 14.4. The highest BCUT2D eigenvalue weighted by Crippen LogP contribution is 2.16. The Labute approximate surface area is 119 Å². The standard InChI is InChI=1S/C14H24N4O2/c1-11-8-13(17-20-11)16-14(19)5-7-18-6-3-4-12(10-18)9-15-2/h8,12,15H,3-7,9-10H2,1-2H3,(H,16,17,19). The van der Waals surface area contributed by atoms with Crippen molar-refractivity contribution < 1.29 is 9.32 Å². The van der Waals surface area contributed by atoms with Crippen LogP contribution in [0, 0.1) is 12.8 Å². The molecule has 1 aliphatic heterocycles. The van der Waals surface area contributed by atoms with E-state index in [9.17, 15) is 4.79 Å². The molecule has 0 radical (unpaired) electrons. The smallest absolute Gasteiger partial charge is 0.226 e. The SMILES string of the molecule is CNCC1CCCN(CCC(=O)Nc2cc(C)on2)C1. The van der Waals surface area contributed by atoms with E-state index in [4.69, 9.17) is 4.52 Å². The lowest BCUT2D eigenvalue weighted by atomic mass is 9.98. The molecule has 2 N–H and O–H groups in total. The molecule has 0 aliphatic carbocycles. The van der Waals surface area contributed by atoms with Crippen molar-refractivity contribution in [3.8, 4) is 0 Å². The highest BCUT2D eigenvalue weighted by atomic mass is 16.5. The summed E-state index contributed by atoms with van der Waals surface area (Å²) in [5.41, 5.74) is 0. The van der Waals surface area contributed by atoms with Crippen LogP contribution >= 0.6 is 0 Å². The van der Waals surface area contributed by atoms with Crippen molar-refractivity contribution in [2.24, 2.45) is 5.92 Å². The molecule has 1 aromatic rings. The van der Waals surface area contributed by atoms with Gasteiger partial charge in [-0.05, 0) is 45.8 Å². The van der Waals surface area contributed by atoms with E-state index in [2.05, 4.69) is 20.7 Å². The van der Waals surface area contributed by atoms with Crippen molar-refractivity contribution in [2.45, 2.75) is 26.2 Å². The number of likely N-dealkylation sites (tertiary alicyclic amines) is 1. The Morgan fingerprint density at radius 3 is 3.15 bits per heavy atom. The normalized spacial score (nSPS) is 20.0. The number of carbonyl (C=O) groups excluding carboxylic acids is 1. The minimum atomic E-state index is -0.00552. The number of nitrogens with one attached hydrogen (secondary N) is 2. The zero-order valence-corrected chi connectivity index (χ0v) is 12.3. The fraction of sp³-hybridized carbons (Fsp3) is 0.714. The summed E-state index contributed by atoms with van der Waals surface area (Å²) in [6, 6.07) is 1.72. The highest BCUT2D eigenvalue weighted by Gasteiger charge is 2.19. The average Bonchev–Trinajstić information content (AvgIpc) is 2.83. The van der Waals surface area contributed by atoms with E-state index in [0.717, 1.165) is 26.2 Å². The monoisotopic (exact) mass is 280 g/mol. The second-order valence-electron chi connectivity index (χ2n) is 5.49. The molecule has 1 saturated heterocycles. The summed E-state index contributed by atoms with van der Waals surface area (Å²) in [4.78, 5) is 14.2. The molecule has 1 unspecified atom stereocenters. The van der Waals surface area contributed by atoms with Crippen molar-refractivity contribution in [2.75, 3.05) is 38.5 Å². The predicted molar refractivity (Wildman–Crippen MR) is 77.6 cm³/mol. The minimum Gasteiger partial charge on any atom is -0.360 e. The lowest BCUT2D eigenvalue weighted by Crippen LogP contribution is -2.40. The molecule has 6 nitrogen and oxygen atoms in total. The maximum Gasteiger partial charge on any atom is 0.226 e. The fourth-order valence-electron chi connectivity index (χ4n) is 2.70. The fourth-order valence-corrected chi connectivity index (χ4v) is 2.70. The summed E-state index contributed by atoms with van der Waals surface area (Å²) in [6.07, 6.45) is 3.00. The van der Waals surface area contributed by atoms with Gasteiger partial charge in [-0.3, -0.25) is 4.79 Å². The van der Waals surface area contributed by atoms with E-state index in [1.807, 2.05) is 7.05 Å². The van der Waals surface area contributed by atoms with E-state index in [-0.39, 0.29) is 5.91 Å². The van der Waals surface area contributed by atoms with Gasteiger partial charge in [-0.2, -0.15) is 0 Å². The largest absolute Gasteiger partial charge is 0.360 e.